The Balaban J connectivity index is 1.90. The van der Waals surface area contributed by atoms with Crippen molar-refractivity contribution in [2.24, 2.45) is 11.8 Å². The summed E-state index contributed by atoms with van der Waals surface area (Å²) in [4.78, 5) is 49.7. The fourth-order valence-corrected chi connectivity index (χ4v) is 3.94. The van der Waals surface area contributed by atoms with Crippen molar-refractivity contribution in [2.75, 3.05) is 7.11 Å². The van der Waals surface area contributed by atoms with Crippen molar-refractivity contribution in [3.05, 3.63) is 23.8 Å². The van der Waals surface area contributed by atoms with Crippen molar-refractivity contribution >= 4 is 23.5 Å². The molecule has 0 saturated carbocycles. The molecule has 0 amide bonds. The molecule has 2 bridgehead atoms. The minimum absolute atomic E-state index is 0.00673. The number of hydrogen-bond donors (Lipinski definition) is 0. The van der Waals surface area contributed by atoms with Gasteiger partial charge in [-0.15, -0.1) is 0 Å². The Bertz CT molecular complexity index is 765. The number of Topliss-reactive ketones (excluding diaryl/α,β-unsaturated/α-hetero) is 2. The van der Waals surface area contributed by atoms with Gasteiger partial charge in [0.15, 0.2) is 17.2 Å². The Morgan fingerprint density at radius 3 is 2.64 bits per heavy atom. The van der Waals surface area contributed by atoms with Crippen molar-refractivity contribution in [3.63, 3.8) is 0 Å². The first-order chi connectivity index (χ1) is 13.2. The zero-order chi connectivity index (χ0) is 20.6. The van der Waals surface area contributed by atoms with Crippen LogP contribution in [-0.4, -0.2) is 48.4 Å². The summed E-state index contributed by atoms with van der Waals surface area (Å²) >= 11 is 0. The third kappa shape index (κ3) is 3.94. The quantitative estimate of drug-likeness (QED) is 0.308. The molecule has 7 nitrogen and oxygen atoms in total. The second-order valence-electron chi connectivity index (χ2n) is 8.07. The van der Waals surface area contributed by atoms with Crippen molar-refractivity contribution in [3.8, 4) is 0 Å². The molecule has 0 aromatic heterocycles. The molecule has 0 aromatic carbocycles. The molecule has 0 radical (unpaired) electrons. The number of allylic oxidation sites excluding steroid dienone is 2. The second-order valence-corrected chi connectivity index (χ2v) is 8.07. The average Bonchev–Trinajstić information content (AvgIpc) is 3.17. The Morgan fingerprint density at radius 2 is 2.00 bits per heavy atom. The molecule has 3 aliphatic rings. The lowest BCUT2D eigenvalue weighted by atomic mass is 9.84. The topological polar surface area (TPSA) is 99.3 Å². The first-order valence-electron chi connectivity index (χ1n) is 9.52. The molecule has 2 heterocycles. The molecule has 28 heavy (non-hydrogen) atoms. The molecule has 2 aliphatic heterocycles. The molecule has 0 N–H and O–H groups in total. The van der Waals surface area contributed by atoms with E-state index in [2.05, 4.69) is 6.58 Å². The van der Waals surface area contributed by atoms with E-state index < -0.39 is 41.8 Å². The van der Waals surface area contributed by atoms with Gasteiger partial charge in [0.2, 0.25) is 0 Å². The first kappa shape index (κ1) is 20.5. The summed E-state index contributed by atoms with van der Waals surface area (Å²) in [5.41, 5.74) is 0.464. The van der Waals surface area contributed by atoms with Gasteiger partial charge in [-0.3, -0.25) is 14.4 Å². The van der Waals surface area contributed by atoms with E-state index in [1.54, 1.807) is 6.92 Å². The van der Waals surface area contributed by atoms with E-state index in [0.717, 1.165) is 5.57 Å². The number of epoxide rings is 1. The van der Waals surface area contributed by atoms with E-state index in [9.17, 15) is 19.2 Å². The molecule has 3 rings (SSSR count). The van der Waals surface area contributed by atoms with Crippen molar-refractivity contribution < 1.29 is 33.4 Å². The summed E-state index contributed by atoms with van der Waals surface area (Å²) in [5.74, 6) is -3.11. The van der Waals surface area contributed by atoms with Crippen LogP contribution < -0.4 is 0 Å². The number of methoxy groups -OCH3 is 1. The molecular weight excluding hydrogens is 364 g/mol. The highest BCUT2D eigenvalue weighted by molar-refractivity contribution is 6.10. The fraction of sp³-hybridized carbons (Fsp3) is 0.619. The van der Waals surface area contributed by atoms with Crippen LogP contribution >= 0.6 is 0 Å². The standard InChI is InChI=1S/C21H26O7/c1-11(2)12-5-6-13-7-14(27-19(13)24)9-15(20(25)26-4)16(22)10-17(23)21(3)18(8-12)28-21/h6,12,14-15,18H,1,5,7-10H2,2-4H3/t12-,14-,15+,18+,21-/m1/s1. The first-order valence-corrected chi connectivity index (χ1v) is 9.52. The highest BCUT2D eigenvalue weighted by Gasteiger charge is 2.58. The molecule has 152 valence electrons. The fourth-order valence-electron chi connectivity index (χ4n) is 3.94. The third-order valence-electron chi connectivity index (χ3n) is 6.03. The summed E-state index contributed by atoms with van der Waals surface area (Å²) in [6, 6.07) is 0. The van der Waals surface area contributed by atoms with E-state index >= 15 is 0 Å². The molecule has 0 unspecified atom stereocenters. The number of carbonyl (C=O) groups is 4. The number of rotatable bonds is 2. The van der Waals surface area contributed by atoms with Gasteiger partial charge in [-0.25, -0.2) is 4.79 Å². The summed E-state index contributed by atoms with van der Waals surface area (Å²) in [6.07, 6.45) is 2.03. The highest BCUT2D eigenvalue weighted by Crippen LogP contribution is 2.44. The molecule has 0 aromatic rings. The summed E-state index contributed by atoms with van der Waals surface area (Å²) in [6.45, 7) is 7.60. The Morgan fingerprint density at radius 1 is 1.29 bits per heavy atom. The number of hydrogen-bond acceptors (Lipinski definition) is 7. The molecular formula is C21H26O7. The van der Waals surface area contributed by atoms with E-state index in [0.29, 0.717) is 24.8 Å². The molecule has 7 heteroatoms. The smallest absolute Gasteiger partial charge is 0.334 e. The minimum atomic E-state index is -1.14. The zero-order valence-corrected chi connectivity index (χ0v) is 16.5. The lowest BCUT2D eigenvalue weighted by Crippen LogP contribution is -2.34. The van der Waals surface area contributed by atoms with Crippen molar-refractivity contribution in [1.82, 2.24) is 0 Å². The van der Waals surface area contributed by atoms with Crippen LogP contribution in [0.4, 0.5) is 0 Å². The Kier molecular flexibility index (Phi) is 5.57. The van der Waals surface area contributed by atoms with Crippen LogP contribution in [0.2, 0.25) is 0 Å². The van der Waals surface area contributed by atoms with E-state index in [1.807, 2.05) is 13.0 Å². The molecule has 0 spiro atoms. The van der Waals surface area contributed by atoms with Gasteiger partial charge in [-0.2, -0.15) is 0 Å². The van der Waals surface area contributed by atoms with Crippen molar-refractivity contribution in [2.45, 2.75) is 63.8 Å². The molecule has 5 atom stereocenters. The predicted molar refractivity (Wildman–Crippen MR) is 98.2 cm³/mol. The largest absolute Gasteiger partial charge is 0.468 e. The minimum Gasteiger partial charge on any atom is -0.468 e. The van der Waals surface area contributed by atoms with Gasteiger partial charge in [0, 0.05) is 18.4 Å². The Hall–Kier alpha value is -2.28. The van der Waals surface area contributed by atoms with Gasteiger partial charge in [0.25, 0.3) is 0 Å². The number of ether oxygens (including phenoxy) is 3. The predicted octanol–water partition coefficient (Wildman–Crippen LogP) is 2.08. The van der Waals surface area contributed by atoms with Gasteiger partial charge >= 0.3 is 11.9 Å². The van der Waals surface area contributed by atoms with Crippen LogP contribution in [0.5, 0.6) is 0 Å². The van der Waals surface area contributed by atoms with E-state index in [-0.39, 0.29) is 24.2 Å². The number of esters is 2. The third-order valence-corrected chi connectivity index (χ3v) is 6.03. The number of fused-ring (bicyclic) bond motifs is 3. The summed E-state index contributed by atoms with van der Waals surface area (Å²) in [5, 5.41) is 0. The monoisotopic (exact) mass is 390 g/mol. The van der Waals surface area contributed by atoms with Crippen LogP contribution in [0.25, 0.3) is 0 Å². The normalized spacial score (nSPS) is 36.0. The SMILES string of the molecule is C=C(C)[C@@H]1CC=C2C[C@H](C[C@H](C(=O)OC)C(=O)CC(=O)[C@@]3(C)O[C@H]3C1)OC2=O. The summed E-state index contributed by atoms with van der Waals surface area (Å²) < 4.78 is 15.7. The van der Waals surface area contributed by atoms with Gasteiger partial charge < -0.3 is 14.2 Å². The highest BCUT2D eigenvalue weighted by atomic mass is 16.6. The van der Waals surface area contributed by atoms with Crippen LogP contribution in [0.15, 0.2) is 23.8 Å². The van der Waals surface area contributed by atoms with Gasteiger partial charge in [0.1, 0.15) is 12.0 Å². The Labute approximate surface area is 164 Å². The molecule has 2 saturated heterocycles. The van der Waals surface area contributed by atoms with Crippen molar-refractivity contribution in [1.29, 1.82) is 0 Å². The van der Waals surface area contributed by atoms with E-state index in [4.69, 9.17) is 14.2 Å². The van der Waals surface area contributed by atoms with Crippen LogP contribution in [0, 0.1) is 11.8 Å². The van der Waals surface area contributed by atoms with Gasteiger partial charge in [0.05, 0.1) is 19.6 Å². The van der Waals surface area contributed by atoms with Crippen LogP contribution in [0.3, 0.4) is 0 Å². The maximum Gasteiger partial charge on any atom is 0.334 e. The summed E-state index contributed by atoms with van der Waals surface area (Å²) in [7, 11) is 1.19. The maximum atomic E-state index is 12.7. The van der Waals surface area contributed by atoms with Gasteiger partial charge in [-0.05, 0) is 32.6 Å². The number of ketones is 2. The zero-order valence-electron chi connectivity index (χ0n) is 16.5. The van der Waals surface area contributed by atoms with Crippen LogP contribution in [-0.2, 0) is 33.4 Å². The van der Waals surface area contributed by atoms with Gasteiger partial charge in [-0.1, -0.05) is 18.2 Å². The lowest BCUT2D eigenvalue weighted by molar-refractivity contribution is -0.153. The number of carbonyl (C=O) groups excluding carboxylic acids is 4. The maximum absolute atomic E-state index is 12.7. The van der Waals surface area contributed by atoms with Crippen LogP contribution in [0.1, 0.15) is 46.0 Å². The molecule has 2 fully saturated rings. The lowest BCUT2D eigenvalue weighted by Gasteiger charge is -2.18. The average molecular weight is 390 g/mol. The molecule has 1 aliphatic carbocycles. The van der Waals surface area contributed by atoms with E-state index in [1.165, 1.54) is 7.11 Å². The second kappa shape index (κ2) is 7.62.